The number of carboxylic acids is 1. The number of anilines is 1. The molecule has 19 heavy (non-hydrogen) atoms. The highest BCUT2D eigenvalue weighted by Crippen LogP contribution is 2.24. The standard InChI is InChI=1S/C13H14BrNO4/c14-9-1-3-10(4-2-9)15-8-7-11(19-13(15)18)5-6-12(16)17/h1-4,11H,5-8H2,(H,16,17). The number of carbonyl (C=O) groups excluding carboxylic acids is 1. The highest BCUT2D eigenvalue weighted by atomic mass is 79.9. The summed E-state index contributed by atoms with van der Waals surface area (Å²) in [4.78, 5) is 23.9. The van der Waals surface area contributed by atoms with Gasteiger partial charge in [-0.1, -0.05) is 15.9 Å². The van der Waals surface area contributed by atoms with Crippen LogP contribution in [0, 0.1) is 0 Å². The number of cyclic esters (lactones) is 1. The second kappa shape index (κ2) is 6.06. The Morgan fingerprint density at radius 2 is 2.11 bits per heavy atom. The van der Waals surface area contributed by atoms with E-state index in [2.05, 4.69) is 15.9 Å². The fourth-order valence-electron chi connectivity index (χ4n) is 1.97. The average Bonchev–Trinajstić information content (AvgIpc) is 2.38. The van der Waals surface area contributed by atoms with Crippen molar-refractivity contribution in [3.8, 4) is 0 Å². The van der Waals surface area contributed by atoms with Crippen LogP contribution in [0.5, 0.6) is 0 Å². The topological polar surface area (TPSA) is 66.8 Å². The third-order valence-electron chi connectivity index (χ3n) is 2.98. The minimum atomic E-state index is -0.869. The minimum absolute atomic E-state index is 0.0240. The van der Waals surface area contributed by atoms with E-state index in [0.29, 0.717) is 19.4 Å². The van der Waals surface area contributed by atoms with E-state index in [0.717, 1.165) is 10.2 Å². The summed E-state index contributed by atoms with van der Waals surface area (Å²) in [6, 6.07) is 7.39. The molecule has 1 unspecified atom stereocenters. The number of rotatable bonds is 4. The van der Waals surface area contributed by atoms with Crippen LogP contribution in [0.15, 0.2) is 28.7 Å². The maximum absolute atomic E-state index is 11.9. The van der Waals surface area contributed by atoms with Gasteiger partial charge in [0.25, 0.3) is 0 Å². The number of halogens is 1. The van der Waals surface area contributed by atoms with E-state index in [4.69, 9.17) is 9.84 Å². The van der Waals surface area contributed by atoms with Crippen molar-refractivity contribution >= 4 is 33.7 Å². The van der Waals surface area contributed by atoms with Crippen molar-refractivity contribution < 1.29 is 19.4 Å². The van der Waals surface area contributed by atoms with E-state index in [1.54, 1.807) is 4.90 Å². The van der Waals surface area contributed by atoms with Gasteiger partial charge in [-0.05, 0) is 30.7 Å². The normalized spacial score (nSPS) is 19.1. The molecule has 2 rings (SSSR count). The summed E-state index contributed by atoms with van der Waals surface area (Å²) in [7, 11) is 0. The molecular weight excluding hydrogens is 314 g/mol. The summed E-state index contributed by atoms with van der Waals surface area (Å²) < 4.78 is 6.19. The van der Waals surface area contributed by atoms with Crippen LogP contribution in [0.4, 0.5) is 10.5 Å². The Morgan fingerprint density at radius 3 is 2.68 bits per heavy atom. The lowest BCUT2D eigenvalue weighted by atomic mass is 10.1. The molecule has 1 amide bonds. The van der Waals surface area contributed by atoms with Crippen molar-refractivity contribution in [1.82, 2.24) is 0 Å². The first-order valence-electron chi connectivity index (χ1n) is 6.02. The molecule has 6 heteroatoms. The molecule has 0 radical (unpaired) electrons. The van der Waals surface area contributed by atoms with Crippen LogP contribution in [-0.4, -0.2) is 29.8 Å². The van der Waals surface area contributed by atoms with Crippen LogP contribution in [0.25, 0.3) is 0 Å². The molecule has 1 atom stereocenters. The van der Waals surface area contributed by atoms with Gasteiger partial charge in [0.1, 0.15) is 6.10 Å². The predicted octanol–water partition coefficient (Wildman–Crippen LogP) is 3.03. The van der Waals surface area contributed by atoms with E-state index < -0.39 is 12.1 Å². The molecule has 1 heterocycles. The van der Waals surface area contributed by atoms with Gasteiger partial charge in [-0.25, -0.2) is 4.79 Å². The fourth-order valence-corrected chi connectivity index (χ4v) is 2.24. The number of nitrogens with zero attached hydrogens (tertiary/aromatic N) is 1. The largest absolute Gasteiger partial charge is 0.481 e. The Morgan fingerprint density at radius 1 is 1.42 bits per heavy atom. The molecule has 1 fully saturated rings. The number of carboxylic acid groups (broad SMARTS) is 1. The molecule has 5 nitrogen and oxygen atoms in total. The smallest absolute Gasteiger partial charge is 0.414 e. The molecular formula is C13H14BrNO4. The van der Waals surface area contributed by atoms with Crippen molar-refractivity contribution in [2.24, 2.45) is 0 Å². The third kappa shape index (κ3) is 3.70. The van der Waals surface area contributed by atoms with E-state index in [1.165, 1.54) is 0 Å². The molecule has 0 bridgehead atoms. The van der Waals surface area contributed by atoms with Crippen molar-refractivity contribution in [2.75, 3.05) is 11.4 Å². The number of ether oxygens (including phenoxy) is 1. The predicted molar refractivity (Wildman–Crippen MR) is 73.2 cm³/mol. The Hall–Kier alpha value is -1.56. The van der Waals surface area contributed by atoms with Gasteiger partial charge in [0.05, 0.1) is 0 Å². The van der Waals surface area contributed by atoms with Crippen LogP contribution >= 0.6 is 15.9 Å². The van der Waals surface area contributed by atoms with E-state index in [-0.39, 0.29) is 12.5 Å². The van der Waals surface area contributed by atoms with Crippen LogP contribution in [0.1, 0.15) is 19.3 Å². The van der Waals surface area contributed by atoms with Gasteiger partial charge in [-0.3, -0.25) is 9.69 Å². The number of hydrogen-bond acceptors (Lipinski definition) is 3. The first-order chi connectivity index (χ1) is 9.06. The Labute approximate surface area is 119 Å². The number of carbonyl (C=O) groups is 2. The zero-order chi connectivity index (χ0) is 13.8. The Kier molecular flexibility index (Phi) is 4.42. The van der Waals surface area contributed by atoms with Gasteiger partial charge in [0, 0.05) is 29.5 Å². The molecule has 1 aromatic rings. The molecule has 0 spiro atoms. The lowest BCUT2D eigenvalue weighted by molar-refractivity contribution is -0.137. The number of hydrogen-bond donors (Lipinski definition) is 1. The van der Waals surface area contributed by atoms with Crippen LogP contribution in [0.2, 0.25) is 0 Å². The van der Waals surface area contributed by atoms with Gasteiger partial charge in [-0.2, -0.15) is 0 Å². The molecule has 0 saturated carbocycles. The zero-order valence-corrected chi connectivity index (χ0v) is 11.8. The number of amides is 1. The molecule has 0 aliphatic carbocycles. The lowest BCUT2D eigenvalue weighted by Crippen LogP contribution is -2.42. The van der Waals surface area contributed by atoms with E-state index in [9.17, 15) is 9.59 Å². The summed E-state index contributed by atoms with van der Waals surface area (Å²) >= 11 is 3.34. The second-order valence-corrected chi connectivity index (χ2v) is 5.27. The zero-order valence-electron chi connectivity index (χ0n) is 10.2. The summed E-state index contributed by atoms with van der Waals surface area (Å²) in [5.74, 6) is -0.869. The minimum Gasteiger partial charge on any atom is -0.481 e. The van der Waals surface area contributed by atoms with Crippen LogP contribution in [0.3, 0.4) is 0 Å². The molecule has 1 aromatic carbocycles. The Bertz CT molecular complexity index is 474. The summed E-state index contributed by atoms with van der Waals surface area (Å²) in [5.41, 5.74) is 0.782. The monoisotopic (exact) mass is 327 g/mol. The summed E-state index contributed by atoms with van der Waals surface area (Å²) in [5, 5.41) is 8.61. The molecule has 1 aliphatic heterocycles. The third-order valence-corrected chi connectivity index (χ3v) is 3.51. The van der Waals surface area contributed by atoms with E-state index in [1.807, 2.05) is 24.3 Å². The molecule has 102 valence electrons. The van der Waals surface area contributed by atoms with Crippen molar-refractivity contribution in [1.29, 1.82) is 0 Å². The van der Waals surface area contributed by atoms with Crippen molar-refractivity contribution in [3.05, 3.63) is 28.7 Å². The average molecular weight is 328 g/mol. The fraction of sp³-hybridized carbons (Fsp3) is 0.385. The molecule has 1 aliphatic rings. The van der Waals surface area contributed by atoms with Gasteiger partial charge in [0.15, 0.2) is 0 Å². The first kappa shape index (κ1) is 13.9. The Balaban J connectivity index is 1.95. The van der Waals surface area contributed by atoms with E-state index >= 15 is 0 Å². The molecule has 1 N–H and O–H groups in total. The van der Waals surface area contributed by atoms with Crippen molar-refractivity contribution in [2.45, 2.75) is 25.4 Å². The van der Waals surface area contributed by atoms with Gasteiger partial charge in [-0.15, -0.1) is 0 Å². The van der Waals surface area contributed by atoms with Gasteiger partial charge >= 0.3 is 12.1 Å². The maximum Gasteiger partial charge on any atom is 0.414 e. The molecule has 1 saturated heterocycles. The van der Waals surface area contributed by atoms with Crippen LogP contribution < -0.4 is 4.90 Å². The SMILES string of the molecule is O=C(O)CCC1CCN(c2ccc(Br)cc2)C(=O)O1. The first-order valence-corrected chi connectivity index (χ1v) is 6.81. The number of aliphatic carboxylic acids is 1. The maximum atomic E-state index is 11.9. The van der Waals surface area contributed by atoms with Gasteiger partial charge < -0.3 is 9.84 Å². The van der Waals surface area contributed by atoms with Gasteiger partial charge in [0.2, 0.25) is 0 Å². The lowest BCUT2D eigenvalue weighted by Gasteiger charge is -2.31. The second-order valence-electron chi connectivity index (χ2n) is 4.35. The summed E-state index contributed by atoms with van der Waals surface area (Å²) in [6.07, 6.45) is 0.333. The summed E-state index contributed by atoms with van der Waals surface area (Å²) in [6.45, 7) is 0.546. The van der Waals surface area contributed by atoms with Crippen molar-refractivity contribution in [3.63, 3.8) is 0 Å². The highest BCUT2D eigenvalue weighted by molar-refractivity contribution is 9.10. The number of benzene rings is 1. The molecule has 0 aromatic heterocycles. The highest BCUT2D eigenvalue weighted by Gasteiger charge is 2.28. The van der Waals surface area contributed by atoms with Crippen LogP contribution in [-0.2, 0) is 9.53 Å². The quantitative estimate of drug-likeness (QED) is 0.923.